The number of amides is 2. The highest BCUT2D eigenvalue weighted by Crippen LogP contribution is 2.28. The van der Waals surface area contributed by atoms with Crippen molar-refractivity contribution in [1.82, 2.24) is 0 Å². The van der Waals surface area contributed by atoms with Gasteiger partial charge in [-0.05, 0) is 24.6 Å². The van der Waals surface area contributed by atoms with Gasteiger partial charge in [0.25, 0.3) is 0 Å². The molecule has 0 fully saturated rings. The van der Waals surface area contributed by atoms with Gasteiger partial charge in [0.15, 0.2) is 0 Å². The van der Waals surface area contributed by atoms with Crippen LogP contribution in [-0.4, -0.2) is 25.0 Å². The number of hydrogen-bond donors (Lipinski definition) is 3. The van der Waals surface area contributed by atoms with Crippen molar-refractivity contribution in [2.75, 3.05) is 17.7 Å². The topological polar surface area (TPSA) is 93.5 Å². The van der Waals surface area contributed by atoms with Gasteiger partial charge in [-0.1, -0.05) is 19.8 Å². The van der Waals surface area contributed by atoms with Gasteiger partial charge < -0.3 is 21.1 Å². The summed E-state index contributed by atoms with van der Waals surface area (Å²) < 4.78 is 5.20. The number of ether oxygens (including phenoxy) is 1. The first-order valence-electron chi connectivity index (χ1n) is 7.00. The predicted octanol–water partition coefficient (Wildman–Crippen LogP) is 2.11. The van der Waals surface area contributed by atoms with Crippen molar-refractivity contribution < 1.29 is 14.3 Å². The highest BCUT2D eigenvalue weighted by atomic mass is 16.5. The minimum Gasteiger partial charge on any atom is -0.495 e. The Morgan fingerprint density at radius 1 is 1.33 bits per heavy atom. The number of methoxy groups -OCH3 is 1. The van der Waals surface area contributed by atoms with E-state index in [0.717, 1.165) is 12.8 Å². The van der Waals surface area contributed by atoms with E-state index >= 15 is 0 Å². The number of nitrogens with two attached hydrogens (primary N) is 1. The Kier molecular flexibility index (Phi) is 6.68. The van der Waals surface area contributed by atoms with Crippen molar-refractivity contribution in [1.29, 1.82) is 0 Å². The minimum absolute atomic E-state index is 0.183. The number of carbonyl (C=O) groups excluding carboxylic acids is 2. The normalized spacial score (nSPS) is 11.6. The van der Waals surface area contributed by atoms with Crippen LogP contribution in [0.1, 0.15) is 33.1 Å². The van der Waals surface area contributed by atoms with Gasteiger partial charge >= 0.3 is 0 Å². The summed E-state index contributed by atoms with van der Waals surface area (Å²) in [6, 6.07) is 4.47. The van der Waals surface area contributed by atoms with Gasteiger partial charge in [-0.25, -0.2) is 0 Å². The van der Waals surface area contributed by atoms with Gasteiger partial charge in [0, 0.05) is 12.6 Å². The molecule has 4 N–H and O–H groups in total. The van der Waals surface area contributed by atoms with Gasteiger partial charge in [-0.15, -0.1) is 0 Å². The van der Waals surface area contributed by atoms with Gasteiger partial charge in [-0.3, -0.25) is 9.59 Å². The highest BCUT2D eigenvalue weighted by Gasteiger charge is 2.15. The van der Waals surface area contributed by atoms with E-state index in [2.05, 4.69) is 10.6 Å². The zero-order chi connectivity index (χ0) is 15.8. The third-order valence-electron chi connectivity index (χ3n) is 2.98. The molecular formula is C15H23N3O3. The maximum absolute atomic E-state index is 12.0. The van der Waals surface area contributed by atoms with Crippen LogP contribution in [0.4, 0.5) is 11.4 Å². The fourth-order valence-electron chi connectivity index (χ4n) is 1.87. The van der Waals surface area contributed by atoms with E-state index < -0.39 is 6.04 Å². The SMILES string of the molecule is CCCCC(N)C(=O)Nc1cc(NC(C)=O)ccc1OC. The molecule has 6 heteroatoms. The molecule has 1 aromatic carbocycles. The second-order valence-electron chi connectivity index (χ2n) is 4.83. The predicted molar refractivity (Wildman–Crippen MR) is 83.4 cm³/mol. The van der Waals surface area contributed by atoms with Crippen molar-refractivity contribution in [3.8, 4) is 5.75 Å². The molecule has 1 unspecified atom stereocenters. The third kappa shape index (κ3) is 5.43. The van der Waals surface area contributed by atoms with Crippen molar-refractivity contribution in [2.45, 2.75) is 39.2 Å². The average Bonchev–Trinajstić information content (AvgIpc) is 2.44. The van der Waals surface area contributed by atoms with Gasteiger partial charge in [0.05, 0.1) is 18.8 Å². The van der Waals surface area contributed by atoms with E-state index in [1.807, 2.05) is 6.92 Å². The molecule has 0 heterocycles. The molecule has 6 nitrogen and oxygen atoms in total. The van der Waals surface area contributed by atoms with Crippen molar-refractivity contribution in [3.63, 3.8) is 0 Å². The summed E-state index contributed by atoms with van der Waals surface area (Å²) in [7, 11) is 1.51. The first-order chi connectivity index (χ1) is 9.97. The Balaban J connectivity index is 2.84. The monoisotopic (exact) mass is 293 g/mol. The number of nitrogens with one attached hydrogen (secondary N) is 2. The van der Waals surface area contributed by atoms with Crippen LogP contribution in [-0.2, 0) is 9.59 Å². The summed E-state index contributed by atoms with van der Waals surface area (Å²) in [4.78, 5) is 23.1. The summed E-state index contributed by atoms with van der Waals surface area (Å²) in [5.41, 5.74) is 6.91. The Hall–Kier alpha value is -2.08. The van der Waals surface area contributed by atoms with Gasteiger partial charge in [0.2, 0.25) is 11.8 Å². The standard InChI is InChI=1S/C15H23N3O3/c1-4-5-6-12(16)15(20)18-13-9-11(17-10(2)19)7-8-14(13)21-3/h7-9,12H,4-6,16H2,1-3H3,(H,17,19)(H,18,20). The van der Waals surface area contributed by atoms with Crippen molar-refractivity contribution >= 4 is 23.2 Å². The maximum Gasteiger partial charge on any atom is 0.241 e. The van der Waals surface area contributed by atoms with Crippen LogP contribution < -0.4 is 21.1 Å². The largest absolute Gasteiger partial charge is 0.495 e. The number of rotatable bonds is 7. The molecule has 0 bridgehead atoms. The van der Waals surface area contributed by atoms with Crippen LogP contribution in [0.2, 0.25) is 0 Å². The fraction of sp³-hybridized carbons (Fsp3) is 0.467. The molecular weight excluding hydrogens is 270 g/mol. The highest BCUT2D eigenvalue weighted by molar-refractivity contribution is 5.97. The molecule has 1 atom stereocenters. The summed E-state index contributed by atoms with van der Waals surface area (Å²) in [5, 5.41) is 5.40. The molecule has 0 aliphatic carbocycles. The van der Waals surface area contributed by atoms with Crippen molar-refractivity contribution in [3.05, 3.63) is 18.2 Å². The molecule has 0 saturated heterocycles. The van der Waals surface area contributed by atoms with Crippen LogP contribution >= 0.6 is 0 Å². The zero-order valence-electron chi connectivity index (χ0n) is 12.7. The van der Waals surface area contributed by atoms with E-state index in [9.17, 15) is 9.59 Å². The molecule has 0 aromatic heterocycles. The molecule has 21 heavy (non-hydrogen) atoms. The maximum atomic E-state index is 12.0. The van der Waals surface area contributed by atoms with E-state index in [0.29, 0.717) is 23.5 Å². The lowest BCUT2D eigenvalue weighted by atomic mass is 10.1. The number of anilines is 2. The number of hydrogen-bond acceptors (Lipinski definition) is 4. The Bertz CT molecular complexity index is 503. The lowest BCUT2D eigenvalue weighted by Gasteiger charge is -2.15. The summed E-state index contributed by atoms with van der Waals surface area (Å²) in [5.74, 6) is 0.0685. The van der Waals surface area contributed by atoms with E-state index in [4.69, 9.17) is 10.5 Å². The molecule has 116 valence electrons. The second-order valence-corrected chi connectivity index (χ2v) is 4.83. The first-order valence-corrected chi connectivity index (χ1v) is 7.00. The molecule has 0 radical (unpaired) electrons. The lowest BCUT2D eigenvalue weighted by Crippen LogP contribution is -2.35. The number of unbranched alkanes of at least 4 members (excludes halogenated alkanes) is 1. The fourth-order valence-corrected chi connectivity index (χ4v) is 1.87. The van der Waals surface area contributed by atoms with Gasteiger partial charge in [0.1, 0.15) is 5.75 Å². The molecule has 0 spiro atoms. The van der Waals surface area contributed by atoms with Crippen LogP contribution in [0, 0.1) is 0 Å². The first kappa shape index (κ1) is 17.0. The van der Waals surface area contributed by atoms with E-state index in [1.165, 1.54) is 14.0 Å². The molecule has 2 amide bonds. The smallest absolute Gasteiger partial charge is 0.241 e. The number of benzene rings is 1. The van der Waals surface area contributed by atoms with Crippen LogP contribution in [0.5, 0.6) is 5.75 Å². The van der Waals surface area contributed by atoms with E-state index in [1.54, 1.807) is 18.2 Å². The summed E-state index contributed by atoms with van der Waals surface area (Å²) in [6.45, 7) is 3.47. The lowest BCUT2D eigenvalue weighted by molar-refractivity contribution is -0.117. The molecule has 1 rings (SSSR count). The van der Waals surface area contributed by atoms with Crippen LogP contribution in [0.3, 0.4) is 0 Å². The second kappa shape index (κ2) is 8.26. The molecule has 0 aliphatic heterocycles. The summed E-state index contributed by atoms with van der Waals surface area (Å²) >= 11 is 0. The molecule has 1 aromatic rings. The Morgan fingerprint density at radius 3 is 2.62 bits per heavy atom. The van der Waals surface area contributed by atoms with Crippen molar-refractivity contribution in [2.24, 2.45) is 5.73 Å². The zero-order valence-corrected chi connectivity index (χ0v) is 12.7. The Morgan fingerprint density at radius 2 is 2.05 bits per heavy atom. The van der Waals surface area contributed by atoms with Gasteiger partial charge in [-0.2, -0.15) is 0 Å². The van der Waals surface area contributed by atoms with Crippen LogP contribution in [0.25, 0.3) is 0 Å². The molecule has 0 aliphatic rings. The average molecular weight is 293 g/mol. The number of carbonyl (C=O) groups is 2. The molecule has 0 saturated carbocycles. The van der Waals surface area contributed by atoms with Crippen LogP contribution in [0.15, 0.2) is 18.2 Å². The minimum atomic E-state index is -0.556. The Labute approximate surface area is 125 Å². The quantitative estimate of drug-likeness (QED) is 0.717. The van der Waals surface area contributed by atoms with E-state index in [-0.39, 0.29) is 11.8 Å². The third-order valence-corrected chi connectivity index (χ3v) is 2.98. The summed E-state index contributed by atoms with van der Waals surface area (Å²) in [6.07, 6.45) is 2.52.